The zero-order valence-corrected chi connectivity index (χ0v) is 28.3. The van der Waals surface area contributed by atoms with Gasteiger partial charge in [0.25, 0.3) is 17.0 Å². The molecule has 0 radical (unpaired) electrons. The molecule has 0 aliphatic carbocycles. The number of allylic oxidation sites excluding steroid dienone is 1. The minimum absolute atomic E-state index is 0.00447. The third-order valence-corrected chi connectivity index (χ3v) is 9.79. The van der Waals surface area contributed by atoms with Crippen molar-refractivity contribution >= 4 is 33.4 Å². The molecule has 4 N–H and O–H groups in total. The second-order valence-electron chi connectivity index (χ2n) is 13.1. The van der Waals surface area contributed by atoms with Crippen LogP contribution >= 0.6 is 0 Å². The summed E-state index contributed by atoms with van der Waals surface area (Å²) in [5.41, 5.74) is 2.65. The predicted molar refractivity (Wildman–Crippen MR) is 197 cm³/mol. The number of aromatic nitrogens is 7. The molecule has 1 aliphatic rings. The molecular formula is C39H36N8O5. The highest BCUT2D eigenvalue weighted by molar-refractivity contribution is 6.07. The molecule has 3 aromatic heterocycles. The molecule has 1 aliphatic heterocycles. The van der Waals surface area contributed by atoms with Crippen LogP contribution in [0.4, 0.5) is 5.69 Å². The molecule has 0 saturated heterocycles. The summed E-state index contributed by atoms with van der Waals surface area (Å²) in [6.07, 6.45) is 6.52. The Kier molecular flexibility index (Phi) is 8.28. The van der Waals surface area contributed by atoms with Gasteiger partial charge in [0.2, 0.25) is 0 Å². The second-order valence-corrected chi connectivity index (χ2v) is 13.1. The smallest absolute Gasteiger partial charge is 0.279 e. The fourth-order valence-corrected chi connectivity index (χ4v) is 6.97. The molecule has 13 nitrogen and oxygen atoms in total. The largest absolute Gasteiger partial charge is 0.396 e. The molecule has 2 atom stereocenters. The van der Waals surface area contributed by atoms with E-state index in [9.17, 15) is 19.5 Å². The van der Waals surface area contributed by atoms with E-state index >= 15 is 0 Å². The number of hydrogen-bond donors (Lipinski definition) is 4. The van der Waals surface area contributed by atoms with E-state index in [1.165, 1.54) is 9.36 Å². The Hall–Kier alpha value is -6.31. The van der Waals surface area contributed by atoms with Crippen molar-refractivity contribution < 1.29 is 15.0 Å². The van der Waals surface area contributed by atoms with Crippen LogP contribution in [0.1, 0.15) is 30.2 Å². The van der Waals surface area contributed by atoms with Gasteiger partial charge in [0, 0.05) is 37.3 Å². The van der Waals surface area contributed by atoms with Crippen molar-refractivity contribution in [2.24, 2.45) is 5.92 Å². The van der Waals surface area contributed by atoms with Gasteiger partial charge >= 0.3 is 0 Å². The number of rotatable bonds is 11. The molecule has 0 spiro atoms. The zero-order chi connectivity index (χ0) is 36.0. The Labute approximate surface area is 296 Å². The lowest BCUT2D eigenvalue weighted by Gasteiger charge is -2.28. The average Bonchev–Trinajstić information content (AvgIpc) is 3.91. The van der Waals surface area contributed by atoms with Gasteiger partial charge in [-0.3, -0.25) is 29.3 Å². The first-order valence-electron chi connectivity index (χ1n) is 17.1. The van der Waals surface area contributed by atoms with Crippen molar-refractivity contribution in [2.75, 3.05) is 11.5 Å². The van der Waals surface area contributed by atoms with Crippen LogP contribution in [0.15, 0.2) is 119 Å². The fraction of sp³-hybridized carbons (Fsp3) is 0.205. The first kappa shape index (κ1) is 32.9. The predicted octanol–water partition coefficient (Wildman–Crippen LogP) is 4.09. The van der Waals surface area contributed by atoms with Crippen LogP contribution in [0.2, 0.25) is 0 Å². The molecule has 7 aromatic rings. The van der Waals surface area contributed by atoms with Gasteiger partial charge in [-0.25, -0.2) is 9.36 Å². The number of nitrogens with zero attached hydrogens (tertiary/aromatic N) is 6. The van der Waals surface area contributed by atoms with Crippen molar-refractivity contribution in [1.29, 1.82) is 0 Å². The normalized spacial score (nSPS) is 16.4. The molecule has 0 bridgehead atoms. The first-order chi connectivity index (χ1) is 25.3. The number of carbonyl (C=O) groups is 1. The number of H-pyrrole nitrogens is 2. The third-order valence-electron chi connectivity index (χ3n) is 9.79. The lowest BCUT2D eigenvalue weighted by Crippen LogP contribution is -2.44. The maximum Gasteiger partial charge on any atom is 0.279 e. The summed E-state index contributed by atoms with van der Waals surface area (Å²) in [4.78, 5) is 42.3. The van der Waals surface area contributed by atoms with Crippen molar-refractivity contribution in [3.05, 3.63) is 147 Å². The zero-order valence-electron chi connectivity index (χ0n) is 28.3. The maximum absolute atomic E-state index is 14.4. The van der Waals surface area contributed by atoms with Crippen LogP contribution in [-0.2, 0) is 29.9 Å². The summed E-state index contributed by atoms with van der Waals surface area (Å²) in [6, 6.07) is 27.1. The quantitative estimate of drug-likeness (QED) is 0.148. The van der Waals surface area contributed by atoms with Crippen LogP contribution in [0.5, 0.6) is 0 Å². The average molecular weight is 697 g/mol. The Morgan fingerprint density at radius 2 is 1.48 bits per heavy atom. The van der Waals surface area contributed by atoms with Crippen molar-refractivity contribution in [3.63, 3.8) is 0 Å². The maximum atomic E-state index is 14.4. The van der Waals surface area contributed by atoms with Gasteiger partial charge in [0.1, 0.15) is 0 Å². The third kappa shape index (κ3) is 5.56. The summed E-state index contributed by atoms with van der Waals surface area (Å²) >= 11 is 0. The molecule has 0 saturated carbocycles. The number of hydrogen-bond acceptors (Lipinski definition) is 7. The van der Waals surface area contributed by atoms with E-state index in [0.717, 1.165) is 11.1 Å². The Morgan fingerprint density at radius 1 is 0.846 bits per heavy atom. The van der Waals surface area contributed by atoms with E-state index in [-0.39, 0.29) is 24.3 Å². The second kappa shape index (κ2) is 13.1. The van der Waals surface area contributed by atoms with E-state index in [4.69, 9.17) is 5.11 Å². The number of para-hydroxylation sites is 2. The highest BCUT2D eigenvalue weighted by Gasteiger charge is 2.52. The first-order valence-corrected chi connectivity index (χ1v) is 17.1. The highest BCUT2D eigenvalue weighted by Crippen LogP contribution is 2.46. The summed E-state index contributed by atoms with van der Waals surface area (Å²) in [7, 11) is 0. The minimum Gasteiger partial charge on any atom is -0.396 e. The van der Waals surface area contributed by atoms with Gasteiger partial charge < -0.3 is 15.1 Å². The number of benzene rings is 4. The van der Waals surface area contributed by atoms with Crippen LogP contribution in [0, 0.1) is 5.92 Å². The Balaban J connectivity index is 1.11. The molecular weight excluding hydrogens is 660 g/mol. The van der Waals surface area contributed by atoms with Crippen molar-refractivity contribution in [3.8, 4) is 11.4 Å². The standard InChI is InChI=1S/C39H36N8O5/c1-25(8-6-7-20-44-24-27(19-21-48)40-43-44)39(52)32-22-29(47-37(50)31-10-3-5-12-34(31)42-47)17-18-35(32)45(38(39)51)23-26-13-15-28(16-14-26)46-36(49)30-9-2-4-11-33(30)41-46/h2-6,8-18,22,24-25,41-42,48,52H,7,19-21,23H2,1H3/b8-6+/t25-,39+/m1/s1. The van der Waals surface area contributed by atoms with Gasteiger partial charge in [-0.05, 0) is 66.6 Å². The van der Waals surface area contributed by atoms with Gasteiger partial charge in [-0.2, -0.15) is 0 Å². The molecule has 13 heteroatoms. The topological polar surface area (TPSA) is 167 Å². The number of aliphatic hydroxyl groups excluding tert-OH is 1. The molecule has 4 heterocycles. The van der Waals surface area contributed by atoms with Crippen LogP contribution in [-0.4, -0.2) is 57.3 Å². The van der Waals surface area contributed by atoms with Gasteiger partial charge in [0.05, 0.1) is 51.1 Å². The summed E-state index contributed by atoms with van der Waals surface area (Å²) < 4.78 is 4.60. The number of carbonyl (C=O) groups excluding carboxylic acids is 1. The molecule has 0 unspecified atom stereocenters. The van der Waals surface area contributed by atoms with Crippen LogP contribution in [0.3, 0.4) is 0 Å². The van der Waals surface area contributed by atoms with E-state index in [1.807, 2.05) is 66.7 Å². The fourth-order valence-electron chi connectivity index (χ4n) is 6.97. The minimum atomic E-state index is -1.93. The Bertz CT molecular complexity index is 2590. The number of amides is 1. The van der Waals surface area contributed by atoms with E-state index < -0.39 is 17.4 Å². The molecule has 0 fully saturated rings. The molecule has 4 aromatic carbocycles. The van der Waals surface area contributed by atoms with Crippen LogP contribution < -0.4 is 16.0 Å². The monoisotopic (exact) mass is 696 g/mol. The summed E-state index contributed by atoms with van der Waals surface area (Å²) in [5, 5.41) is 37.2. The molecule has 1 amide bonds. The summed E-state index contributed by atoms with van der Waals surface area (Å²) in [6.45, 7) is 2.49. The highest BCUT2D eigenvalue weighted by atomic mass is 16.3. The van der Waals surface area contributed by atoms with E-state index in [0.29, 0.717) is 64.0 Å². The van der Waals surface area contributed by atoms with Gasteiger partial charge in [-0.15, -0.1) is 5.10 Å². The molecule has 52 heavy (non-hydrogen) atoms. The summed E-state index contributed by atoms with van der Waals surface area (Å²) in [5.74, 6) is -1.13. The number of aliphatic hydroxyl groups is 2. The number of anilines is 1. The lowest BCUT2D eigenvalue weighted by molar-refractivity contribution is -0.139. The number of aromatic amines is 2. The SMILES string of the molecule is C[C@H](/C=C/CCn1cc(CCO)nn1)[C@@]1(O)C(=O)N(Cc2ccc(-n3[nH]c4ccccc4c3=O)cc2)c2ccc(-n3[nH]c4ccccc4c3=O)cc21. The lowest BCUT2D eigenvalue weighted by atomic mass is 9.82. The van der Waals surface area contributed by atoms with Crippen molar-refractivity contribution in [1.82, 2.24) is 34.6 Å². The van der Waals surface area contributed by atoms with Gasteiger partial charge in [0.15, 0.2) is 5.60 Å². The molecule has 262 valence electrons. The van der Waals surface area contributed by atoms with E-state index in [2.05, 4.69) is 20.5 Å². The number of aryl methyl sites for hydroxylation is 1. The molecule has 8 rings (SSSR count). The van der Waals surface area contributed by atoms with Crippen molar-refractivity contribution in [2.45, 2.75) is 38.5 Å². The number of nitrogens with one attached hydrogen (secondary N) is 2. The van der Waals surface area contributed by atoms with Crippen LogP contribution in [0.25, 0.3) is 33.2 Å². The Morgan fingerprint density at radius 3 is 2.13 bits per heavy atom. The van der Waals surface area contributed by atoms with Gasteiger partial charge in [-0.1, -0.05) is 60.7 Å². The van der Waals surface area contributed by atoms with E-state index in [1.54, 1.807) is 59.1 Å². The number of fused-ring (bicyclic) bond motifs is 3.